The van der Waals surface area contributed by atoms with E-state index >= 15 is 0 Å². The third-order valence-electron chi connectivity index (χ3n) is 3.41. The lowest BCUT2D eigenvalue weighted by Gasteiger charge is -2.08. The lowest BCUT2D eigenvalue weighted by Crippen LogP contribution is -2.09. The van der Waals surface area contributed by atoms with Gasteiger partial charge in [0.05, 0.1) is 0 Å². The first-order valence-corrected chi connectivity index (χ1v) is 8.26. The van der Waals surface area contributed by atoms with Crippen LogP contribution in [0.4, 0.5) is 0 Å². The average Bonchev–Trinajstić information content (AvgIpc) is 2.59. The lowest BCUT2D eigenvalue weighted by molar-refractivity contribution is 0.103. The third kappa shape index (κ3) is 4.19. The van der Waals surface area contributed by atoms with Crippen molar-refractivity contribution < 1.29 is 24.0 Å². The number of hydrogen-bond acceptors (Lipinski definition) is 5. The molecule has 2 aromatic rings. The van der Waals surface area contributed by atoms with Crippen molar-refractivity contribution in [3.63, 3.8) is 0 Å². The summed E-state index contributed by atoms with van der Waals surface area (Å²) in [6.45, 7) is 0. The first-order chi connectivity index (χ1) is 12.1. The SMILES string of the molecule is O=C(c1ccc(C(=O)Cl)c(C(=O)Cl)c1)c1ccc(C(=O)Cl)c(C(=O)Cl)c1. The van der Waals surface area contributed by atoms with Crippen LogP contribution >= 0.6 is 46.4 Å². The summed E-state index contributed by atoms with van der Waals surface area (Å²) in [6, 6.07) is 7.12. The zero-order chi connectivity index (χ0) is 19.6. The van der Waals surface area contributed by atoms with Gasteiger partial charge >= 0.3 is 0 Å². The van der Waals surface area contributed by atoms with Crippen LogP contribution < -0.4 is 0 Å². The van der Waals surface area contributed by atoms with Gasteiger partial charge in [-0.05, 0) is 70.7 Å². The van der Waals surface area contributed by atoms with E-state index in [-0.39, 0.29) is 33.4 Å². The van der Waals surface area contributed by atoms with Crippen molar-refractivity contribution in [2.24, 2.45) is 0 Å². The second kappa shape index (κ2) is 8.10. The highest BCUT2D eigenvalue weighted by Crippen LogP contribution is 2.22. The van der Waals surface area contributed by atoms with E-state index in [2.05, 4.69) is 0 Å². The fourth-order valence-electron chi connectivity index (χ4n) is 2.21. The van der Waals surface area contributed by atoms with Crippen LogP contribution in [0, 0.1) is 0 Å². The maximum absolute atomic E-state index is 12.6. The highest BCUT2D eigenvalue weighted by atomic mass is 35.5. The number of halogens is 4. The van der Waals surface area contributed by atoms with E-state index in [0.29, 0.717) is 0 Å². The molecule has 2 rings (SSSR count). The number of hydrogen-bond donors (Lipinski definition) is 0. The normalized spacial score (nSPS) is 10.3. The second-order valence-electron chi connectivity index (χ2n) is 4.94. The van der Waals surface area contributed by atoms with Crippen LogP contribution in [0.2, 0.25) is 0 Å². The monoisotopic (exact) mass is 430 g/mol. The Balaban J connectivity index is 2.56. The Kier molecular flexibility index (Phi) is 6.31. The van der Waals surface area contributed by atoms with E-state index in [9.17, 15) is 24.0 Å². The molecule has 0 unspecified atom stereocenters. The van der Waals surface area contributed by atoms with Gasteiger partial charge < -0.3 is 0 Å². The maximum atomic E-state index is 12.6. The molecular formula is C17H6Cl4O5. The minimum Gasteiger partial charge on any atom is -0.289 e. The van der Waals surface area contributed by atoms with E-state index in [0.717, 1.165) is 12.1 Å². The Morgan fingerprint density at radius 1 is 0.500 bits per heavy atom. The number of benzene rings is 2. The summed E-state index contributed by atoms with van der Waals surface area (Å²) in [6.07, 6.45) is 0. The fourth-order valence-corrected chi connectivity index (χ4v) is 2.85. The molecule has 0 N–H and O–H groups in total. The van der Waals surface area contributed by atoms with Gasteiger partial charge in [0.1, 0.15) is 0 Å². The van der Waals surface area contributed by atoms with Crippen LogP contribution in [0.25, 0.3) is 0 Å². The molecule has 0 saturated carbocycles. The van der Waals surface area contributed by atoms with Crippen LogP contribution in [0.1, 0.15) is 57.4 Å². The van der Waals surface area contributed by atoms with Gasteiger partial charge in [-0.2, -0.15) is 0 Å². The zero-order valence-corrected chi connectivity index (χ0v) is 15.5. The van der Waals surface area contributed by atoms with Crippen LogP contribution in [0.15, 0.2) is 36.4 Å². The van der Waals surface area contributed by atoms with E-state index in [4.69, 9.17) is 46.4 Å². The molecule has 0 aliphatic heterocycles. The topological polar surface area (TPSA) is 85.3 Å². The quantitative estimate of drug-likeness (QED) is 0.498. The van der Waals surface area contributed by atoms with Gasteiger partial charge in [-0.15, -0.1) is 0 Å². The highest BCUT2D eigenvalue weighted by molar-refractivity contribution is 6.72. The highest BCUT2D eigenvalue weighted by Gasteiger charge is 2.21. The molecule has 0 aliphatic rings. The molecule has 0 amide bonds. The number of carbonyl (C=O) groups excluding carboxylic acids is 5. The van der Waals surface area contributed by atoms with E-state index < -0.39 is 26.8 Å². The van der Waals surface area contributed by atoms with Gasteiger partial charge in [-0.3, -0.25) is 24.0 Å². The molecule has 5 nitrogen and oxygen atoms in total. The number of carbonyl (C=O) groups is 5. The molecule has 0 atom stereocenters. The predicted molar refractivity (Wildman–Crippen MR) is 97.1 cm³/mol. The minimum atomic E-state index is -0.969. The fraction of sp³-hybridized carbons (Fsp3) is 0. The van der Waals surface area contributed by atoms with Crippen molar-refractivity contribution in [1.29, 1.82) is 0 Å². The molecule has 9 heteroatoms. The lowest BCUT2D eigenvalue weighted by atomic mass is 9.96. The van der Waals surface area contributed by atoms with Gasteiger partial charge in [0.25, 0.3) is 21.0 Å². The maximum Gasteiger partial charge on any atom is 0.253 e. The van der Waals surface area contributed by atoms with Gasteiger partial charge in [-0.25, -0.2) is 0 Å². The van der Waals surface area contributed by atoms with Gasteiger partial charge in [0.15, 0.2) is 5.78 Å². The molecule has 0 spiro atoms. The minimum absolute atomic E-state index is 0.00795. The second-order valence-corrected chi connectivity index (χ2v) is 6.32. The Morgan fingerprint density at radius 3 is 1.08 bits per heavy atom. The van der Waals surface area contributed by atoms with E-state index in [1.54, 1.807) is 0 Å². The van der Waals surface area contributed by atoms with Gasteiger partial charge in [-0.1, -0.05) is 12.1 Å². The van der Waals surface area contributed by atoms with Crippen LogP contribution in [-0.2, 0) is 0 Å². The van der Waals surface area contributed by atoms with Crippen molar-refractivity contribution >= 4 is 73.2 Å². The van der Waals surface area contributed by atoms with Crippen molar-refractivity contribution in [1.82, 2.24) is 0 Å². The Morgan fingerprint density at radius 2 is 0.808 bits per heavy atom. The summed E-state index contributed by atoms with van der Waals surface area (Å²) < 4.78 is 0. The average molecular weight is 432 g/mol. The van der Waals surface area contributed by atoms with Crippen LogP contribution in [0.5, 0.6) is 0 Å². The largest absolute Gasteiger partial charge is 0.289 e. The molecule has 0 heterocycles. The van der Waals surface area contributed by atoms with Crippen molar-refractivity contribution in [2.45, 2.75) is 0 Å². The first kappa shape index (κ1) is 20.3. The number of rotatable bonds is 6. The van der Waals surface area contributed by atoms with E-state index in [1.807, 2.05) is 0 Å². The standard InChI is InChI=1S/C17H6Cl4O5/c18-14(23)9-3-1-7(5-11(9)16(20)25)13(22)8-2-4-10(15(19)24)12(6-8)17(21)26/h1-6H. The summed E-state index contributed by atoms with van der Waals surface area (Å²) in [7, 11) is 0. The zero-order valence-electron chi connectivity index (χ0n) is 12.5. The van der Waals surface area contributed by atoms with Crippen molar-refractivity contribution in [2.75, 3.05) is 0 Å². The first-order valence-electron chi connectivity index (χ1n) is 6.75. The molecule has 0 aromatic heterocycles. The Labute approximate surface area is 166 Å². The Hall–Kier alpha value is -2.05. The molecule has 0 fully saturated rings. The molecule has 2 aromatic carbocycles. The summed E-state index contributed by atoms with van der Waals surface area (Å²) in [5, 5.41) is -3.76. The molecular weight excluding hydrogens is 426 g/mol. The Bertz CT molecular complexity index is 904. The van der Waals surface area contributed by atoms with Crippen LogP contribution in [0.3, 0.4) is 0 Å². The summed E-state index contributed by atoms with van der Waals surface area (Å²) in [4.78, 5) is 58.2. The summed E-state index contributed by atoms with van der Waals surface area (Å²) >= 11 is 21.6. The van der Waals surface area contributed by atoms with E-state index in [1.165, 1.54) is 24.3 Å². The van der Waals surface area contributed by atoms with Gasteiger partial charge in [0.2, 0.25) is 0 Å². The van der Waals surface area contributed by atoms with Crippen molar-refractivity contribution in [3.8, 4) is 0 Å². The molecule has 0 saturated heterocycles. The molecule has 132 valence electrons. The molecule has 0 radical (unpaired) electrons. The van der Waals surface area contributed by atoms with Crippen molar-refractivity contribution in [3.05, 3.63) is 69.8 Å². The summed E-state index contributed by atoms with van der Waals surface area (Å²) in [5.41, 5.74) is -0.759. The number of ketones is 1. The smallest absolute Gasteiger partial charge is 0.253 e. The third-order valence-corrected chi connectivity index (χ3v) is 4.22. The molecule has 0 bridgehead atoms. The predicted octanol–water partition coefficient (Wildman–Crippen LogP) is 4.43. The summed E-state index contributed by atoms with van der Waals surface area (Å²) in [5.74, 6) is -0.606. The van der Waals surface area contributed by atoms with Gasteiger partial charge in [0, 0.05) is 33.4 Å². The molecule has 26 heavy (non-hydrogen) atoms. The van der Waals surface area contributed by atoms with Crippen LogP contribution in [-0.4, -0.2) is 26.8 Å². The molecule has 0 aliphatic carbocycles.